The molecule has 1 aliphatic heterocycles. The molecule has 0 atom stereocenters. The van der Waals surface area contributed by atoms with Crippen LogP contribution in [0.25, 0.3) is 0 Å². The molecule has 120 valence electrons. The third-order valence-corrected chi connectivity index (χ3v) is 3.56. The van der Waals surface area contributed by atoms with E-state index in [1.54, 1.807) is 0 Å². The van der Waals surface area contributed by atoms with E-state index < -0.39 is 0 Å². The SMILES string of the molecule is CCNC(=NCc1ccc(N2CC=CC2)cc1)NCC(C)C. The molecule has 1 aliphatic rings. The number of rotatable bonds is 6. The number of nitrogens with zero attached hydrogens (tertiary/aromatic N) is 2. The van der Waals surface area contributed by atoms with E-state index >= 15 is 0 Å². The zero-order valence-corrected chi connectivity index (χ0v) is 14.0. The van der Waals surface area contributed by atoms with Crippen molar-refractivity contribution in [3.63, 3.8) is 0 Å². The molecular formula is C18H28N4. The van der Waals surface area contributed by atoms with Crippen molar-refractivity contribution < 1.29 is 0 Å². The first-order chi connectivity index (χ1) is 10.7. The minimum atomic E-state index is 0.609. The molecule has 1 aromatic rings. The van der Waals surface area contributed by atoms with Crippen molar-refractivity contribution in [2.24, 2.45) is 10.9 Å². The van der Waals surface area contributed by atoms with Gasteiger partial charge in [0.15, 0.2) is 5.96 Å². The Bertz CT molecular complexity index is 494. The van der Waals surface area contributed by atoms with E-state index in [2.05, 4.69) is 77.7 Å². The fourth-order valence-electron chi connectivity index (χ4n) is 2.31. The molecule has 22 heavy (non-hydrogen) atoms. The van der Waals surface area contributed by atoms with Gasteiger partial charge in [-0.1, -0.05) is 38.1 Å². The molecule has 0 saturated carbocycles. The predicted octanol–water partition coefficient (Wildman–Crippen LogP) is 2.77. The molecule has 0 aromatic heterocycles. The molecule has 0 amide bonds. The summed E-state index contributed by atoms with van der Waals surface area (Å²) >= 11 is 0. The Labute approximate surface area is 134 Å². The monoisotopic (exact) mass is 300 g/mol. The summed E-state index contributed by atoms with van der Waals surface area (Å²) in [5.74, 6) is 1.50. The highest BCUT2D eigenvalue weighted by Crippen LogP contribution is 2.17. The van der Waals surface area contributed by atoms with Crippen molar-refractivity contribution in [2.45, 2.75) is 27.3 Å². The summed E-state index contributed by atoms with van der Waals surface area (Å²) in [7, 11) is 0. The first kappa shape index (κ1) is 16.4. The molecule has 1 aromatic carbocycles. The van der Waals surface area contributed by atoms with Gasteiger partial charge in [0.25, 0.3) is 0 Å². The summed E-state index contributed by atoms with van der Waals surface area (Å²) in [6.07, 6.45) is 4.42. The maximum atomic E-state index is 4.65. The smallest absolute Gasteiger partial charge is 0.191 e. The Morgan fingerprint density at radius 2 is 1.82 bits per heavy atom. The van der Waals surface area contributed by atoms with Crippen molar-refractivity contribution >= 4 is 11.6 Å². The van der Waals surface area contributed by atoms with Crippen LogP contribution in [0.15, 0.2) is 41.4 Å². The molecule has 1 heterocycles. The van der Waals surface area contributed by atoms with Gasteiger partial charge in [-0.3, -0.25) is 0 Å². The fraction of sp³-hybridized carbons (Fsp3) is 0.500. The number of benzene rings is 1. The van der Waals surface area contributed by atoms with E-state index in [0.29, 0.717) is 12.5 Å². The van der Waals surface area contributed by atoms with E-state index in [0.717, 1.165) is 32.1 Å². The van der Waals surface area contributed by atoms with Crippen LogP contribution in [0, 0.1) is 5.92 Å². The molecule has 0 aliphatic carbocycles. The van der Waals surface area contributed by atoms with Crippen LogP contribution in [0.2, 0.25) is 0 Å². The first-order valence-electron chi connectivity index (χ1n) is 8.20. The average Bonchev–Trinajstić information content (AvgIpc) is 3.05. The van der Waals surface area contributed by atoms with Gasteiger partial charge in [0.05, 0.1) is 6.54 Å². The molecule has 0 saturated heterocycles. The zero-order chi connectivity index (χ0) is 15.8. The summed E-state index contributed by atoms with van der Waals surface area (Å²) in [6, 6.07) is 8.71. The van der Waals surface area contributed by atoms with Gasteiger partial charge >= 0.3 is 0 Å². The minimum absolute atomic E-state index is 0.609. The van der Waals surface area contributed by atoms with Crippen LogP contribution in [-0.2, 0) is 6.54 Å². The van der Waals surface area contributed by atoms with Gasteiger partial charge in [-0.05, 0) is 30.5 Å². The van der Waals surface area contributed by atoms with Gasteiger partial charge in [-0.2, -0.15) is 0 Å². The molecule has 0 bridgehead atoms. The lowest BCUT2D eigenvalue weighted by Crippen LogP contribution is -2.39. The molecular weight excluding hydrogens is 272 g/mol. The number of nitrogens with one attached hydrogen (secondary N) is 2. The predicted molar refractivity (Wildman–Crippen MR) is 95.5 cm³/mol. The Kier molecular flexibility index (Phi) is 6.31. The summed E-state index contributed by atoms with van der Waals surface area (Å²) in [6.45, 7) is 11.0. The molecule has 4 heteroatoms. The van der Waals surface area contributed by atoms with Crippen LogP contribution in [0.1, 0.15) is 26.3 Å². The van der Waals surface area contributed by atoms with Gasteiger partial charge in [-0.15, -0.1) is 0 Å². The Morgan fingerprint density at radius 3 is 2.41 bits per heavy atom. The maximum Gasteiger partial charge on any atom is 0.191 e. The number of aliphatic imine (C=N–C) groups is 1. The van der Waals surface area contributed by atoms with Crippen molar-refractivity contribution in [1.29, 1.82) is 0 Å². The molecule has 0 fully saturated rings. The highest BCUT2D eigenvalue weighted by molar-refractivity contribution is 5.79. The standard InChI is InChI=1S/C18H28N4/c1-4-19-18(20-13-15(2)3)21-14-16-7-9-17(10-8-16)22-11-5-6-12-22/h5-10,15H,4,11-14H2,1-3H3,(H2,19,20,21). The van der Waals surface area contributed by atoms with E-state index in [1.807, 2.05) is 0 Å². The van der Waals surface area contributed by atoms with Crippen molar-refractivity contribution in [2.75, 3.05) is 31.1 Å². The van der Waals surface area contributed by atoms with Crippen LogP contribution < -0.4 is 15.5 Å². The van der Waals surface area contributed by atoms with Crippen LogP contribution in [0.5, 0.6) is 0 Å². The second-order valence-corrected chi connectivity index (χ2v) is 6.01. The van der Waals surface area contributed by atoms with E-state index in [1.165, 1.54) is 11.3 Å². The lowest BCUT2D eigenvalue weighted by molar-refractivity contribution is 0.615. The number of anilines is 1. The zero-order valence-electron chi connectivity index (χ0n) is 14.0. The Hall–Kier alpha value is -1.97. The third-order valence-electron chi connectivity index (χ3n) is 3.56. The van der Waals surface area contributed by atoms with E-state index in [4.69, 9.17) is 0 Å². The molecule has 2 rings (SSSR count). The minimum Gasteiger partial charge on any atom is -0.364 e. The van der Waals surface area contributed by atoms with Gasteiger partial charge in [0, 0.05) is 31.9 Å². The second kappa shape index (κ2) is 8.47. The lowest BCUT2D eigenvalue weighted by Gasteiger charge is -2.17. The van der Waals surface area contributed by atoms with Crippen molar-refractivity contribution in [3.05, 3.63) is 42.0 Å². The normalized spacial score (nSPS) is 14.7. The van der Waals surface area contributed by atoms with Crippen LogP contribution in [0.4, 0.5) is 5.69 Å². The maximum absolute atomic E-state index is 4.65. The largest absolute Gasteiger partial charge is 0.364 e. The first-order valence-corrected chi connectivity index (χ1v) is 8.20. The van der Waals surface area contributed by atoms with Crippen LogP contribution in [-0.4, -0.2) is 32.1 Å². The Balaban J connectivity index is 1.91. The lowest BCUT2D eigenvalue weighted by atomic mass is 10.2. The summed E-state index contributed by atoms with van der Waals surface area (Å²) in [5.41, 5.74) is 2.51. The number of hydrogen-bond donors (Lipinski definition) is 2. The van der Waals surface area contributed by atoms with Crippen molar-refractivity contribution in [1.82, 2.24) is 10.6 Å². The molecule has 2 N–H and O–H groups in total. The van der Waals surface area contributed by atoms with Gasteiger partial charge in [0.2, 0.25) is 0 Å². The Morgan fingerprint density at radius 1 is 1.14 bits per heavy atom. The summed E-state index contributed by atoms with van der Waals surface area (Å²) in [4.78, 5) is 7.00. The van der Waals surface area contributed by atoms with E-state index in [9.17, 15) is 0 Å². The third kappa shape index (κ3) is 5.10. The molecule has 4 nitrogen and oxygen atoms in total. The molecule has 0 spiro atoms. The van der Waals surface area contributed by atoms with Crippen molar-refractivity contribution in [3.8, 4) is 0 Å². The summed E-state index contributed by atoms with van der Waals surface area (Å²) < 4.78 is 0. The quantitative estimate of drug-likeness (QED) is 0.482. The molecule has 0 radical (unpaired) electrons. The van der Waals surface area contributed by atoms with Gasteiger partial charge in [-0.25, -0.2) is 4.99 Å². The topological polar surface area (TPSA) is 39.7 Å². The number of hydrogen-bond acceptors (Lipinski definition) is 2. The van der Waals surface area contributed by atoms with Gasteiger partial charge in [0.1, 0.15) is 0 Å². The highest BCUT2D eigenvalue weighted by atomic mass is 15.2. The summed E-state index contributed by atoms with van der Waals surface area (Å²) in [5, 5.41) is 6.66. The number of guanidine groups is 1. The average molecular weight is 300 g/mol. The van der Waals surface area contributed by atoms with Crippen LogP contribution >= 0.6 is 0 Å². The van der Waals surface area contributed by atoms with E-state index in [-0.39, 0.29) is 0 Å². The molecule has 0 unspecified atom stereocenters. The van der Waals surface area contributed by atoms with Gasteiger partial charge < -0.3 is 15.5 Å². The van der Waals surface area contributed by atoms with Crippen LogP contribution in [0.3, 0.4) is 0 Å². The highest BCUT2D eigenvalue weighted by Gasteiger charge is 2.07. The fourth-order valence-corrected chi connectivity index (χ4v) is 2.31. The second-order valence-electron chi connectivity index (χ2n) is 6.01.